The number of aryl methyl sites for hydroxylation is 1. The van der Waals surface area contributed by atoms with E-state index in [1.165, 1.54) is 23.7 Å². The van der Waals surface area contributed by atoms with Crippen LogP contribution in [0.2, 0.25) is 5.02 Å². The molecule has 9 heteroatoms. The molecule has 1 atom stereocenters. The van der Waals surface area contributed by atoms with Crippen molar-refractivity contribution in [3.63, 3.8) is 0 Å². The number of nitrogens with one attached hydrogen (secondary N) is 2. The largest absolute Gasteiger partial charge is 0.495 e. The van der Waals surface area contributed by atoms with Crippen molar-refractivity contribution in [3.8, 4) is 5.75 Å². The zero-order valence-electron chi connectivity index (χ0n) is 19.7. The highest BCUT2D eigenvalue weighted by atomic mass is 35.5. The first-order valence-electron chi connectivity index (χ1n) is 11.3. The number of anilines is 4. The van der Waals surface area contributed by atoms with E-state index >= 15 is 0 Å². The number of nitrogens with zero attached hydrogens (tertiary/aromatic N) is 2. The van der Waals surface area contributed by atoms with Crippen molar-refractivity contribution in [2.75, 3.05) is 17.7 Å². The van der Waals surface area contributed by atoms with Crippen molar-refractivity contribution in [2.24, 2.45) is 0 Å². The van der Waals surface area contributed by atoms with E-state index in [0.717, 1.165) is 18.5 Å². The molecule has 3 aromatic rings. The van der Waals surface area contributed by atoms with Crippen LogP contribution in [0.25, 0.3) is 0 Å². The predicted octanol–water partition coefficient (Wildman–Crippen LogP) is 6.25. The second kappa shape index (κ2) is 9.80. The summed E-state index contributed by atoms with van der Waals surface area (Å²) in [7, 11) is -1.86. The number of rotatable bonds is 7. The average molecular weight is 501 g/mol. The van der Waals surface area contributed by atoms with Gasteiger partial charge in [0, 0.05) is 0 Å². The third-order valence-electron chi connectivity index (χ3n) is 6.13. The lowest BCUT2D eigenvalue weighted by Gasteiger charge is -2.24. The Balaban J connectivity index is 1.67. The molecule has 1 heterocycles. The van der Waals surface area contributed by atoms with Crippen molar-refractivity contribution >= 4 is 44.6 Å². The molecule has 0 bridgehead atoms. The van der Waals surface area contributed by atoms with Gasteiger partial charge in [-0.25, -0.2) is 13.4 Å². The lowest BCUT2D eigenvalue weighted by atomic mass is 9.83. The Labute approximate surface area is 205 Å². The van der Waals surface area contributed by atoms with Gasteiger partial charge in [-0.1, -0.05) is 30.7 Å². The molecule has 7 nitrogen and oxygen atoms in total. The summed E-state index contributed by atoms with van der Waals surface area (Å²) in [5.41, 5.74) is 3.78. The van der Waals surface area contributed by atoms with E-state index in [2.05, 4.69) is 39.7 Å². The molecule has 0 amide bonds. The van der Waals surface area contributed by atoms with Crippen molar-refractivity contribution in [2.45, 2.75) is 56.1 Å². The summed E-state index contributed by atoms with van der Waals surface area (Å²) in [6.07, 6.45) is 4.85. The number of ether oxygens (including phenoxy) is 1. The van der Waals surface area contributed by atoms with Gasteiger partial charge in [0.2, 0.25) is 5.95 Å². The third kappa shape index (κ3) is 4.83. The molecule has 0 radical (unpaired) electrons. The van der Waals surface area contributed by atoms with Gasteiger partial charge in [-0.15, -0.1) is 0 Å². The molecule has 34 heavy (non-hydrogen) atoms. The highest BCUT2D eigenvalue weighted by Gasteiger charge is 2.23. The number of aromatic nitrogens is 2. The minimum absolute atomic E-state index is 0.194. The summed E-state index contributed by atoms with van der Waals surface area (Å²) in [6, 6.07) is 10.9. The van der Waals surface area contributed by atoms with Gasteiger partial charge in [-0.05, 0) is 74.4 Å². The van der Waals surface area contributed by atoms with E-state index in [9.17, 15) is 8.42 Å². The Morgan fingerprint density at radius 1 is 1.15 bits per heavy atom. The van der Waals surface area contributed by atoms with Crippen LogP contribution < -0.4 is 15.4 Å². The third-order valence-corrected chi connectivity index (χ3v) is 8.62. The number of hydrogen-bond acceptors (Lipinski definition) is 7. The lowest BCUT2D eigenvalue weighted by molar-refractivity contribution is 0.415. The zero-order chi connectivity index (χ0) is 24.5. The van der Waals surface area contributed by atoms with Gasteiger partial charge in [0.1, 0.15) is 10.8 Å². The molecule has 0 aliphatic heterocycles. The molecule has 2 N–H and O–H groups in total. The standard InChI is InChI=1S/C25H29ClN4O3S/c1-15(2)34(31,32)23-11-6-5-10-20(23)28-24-19(26)14-27-25(30-24)29-21-13-18-16(3)8-7-9-17(18)12-22(21)33-4/h5-6,10-16H,7-9H2,1-4H3,(H2,27,28,29,30). The molecule has 4 rings (SSSR count). The SMILES string of the molecule is COc1cc2c(cc1Nc1ncc(Cl)c(Nc3ccccc3S(=O)(=O)C(C)C)n1)C(C)CCC2. The molecular weight excluding hydrogens is 472 g/mol. The summed E-state index contributed by atoms with van der Waals surface area (Å²) >= 11 is 6.36. The average Bonchev–Trinajstić information content (AvgIpc) is 2.81. The molecule has 0 fully saturated rings. The highest BCUT2D eigenvalue weighted by molar-refractivity contribution is 7.92. The Morgan fingerprint density at radius 2 is 1.91 bits per heavy atom. The first kappa shape index (κ1) is 24.3. The Kier molecular flexibility index (Phi) is 7.00. The van der Waals surface area contributed by atoms with Gasteiger partial charge in [0.15, 0.2) is 15.7 Å². The fourth-order valence-electron chi connectivity index (χ4n) is 4.17. The van der Waals surface area contributed by atoms with E-state index in [1.54, 1.807) is 45.2 Å². The van der Waals surface area contributed by atoms with Crippen LogP contribution in [0.4, 0.5) is 23.1 Å². The molecule has 0 saturated carbocycles. The molecule has 0 saturated heterocycles. The molecule has 1 unspecified atom stereocenters. The van der Waals surface area contributed by atoms with E-state index in [0.29, 0.717) is 29.1 Å². The molecule has 1 aliphatic carbocycles. The van der Waals surface area contributed by atoms with Crippen LogP contribution in [0.1, 0.15) is 50.7 Å². The molecule has 1 aliphatic rings. The van der Waals surface area contributed by atoms with Gasteiger partial charge in [0.25, 0.3) is 0 Å². The Bertz CT molecular complexity index is 1310. The van der Waals surface area contributed by atoms with E-state index < -0.39 is 15.1 Å². The first-order valence-corrected chi connectivity index (χ1v) is 13.2. The minimum atomic E-state index is -3.50. The number of methoxy groups -OCH3 is 1. The second-order valence-electron chi connectivity index (χ2n) is 8.77. The summed E-state index contributed by atoms with van der Waals surface area (Å²) in [5, 5.41) is 6.04. The maximum Gasteiger partial charge on any atom is 0.229 e. The van der Waals surface area contributed by atoms with Crippen molar-refractivity contribution < 1.29 is 13.2 Å². The first-order chi connectivity index (χ1) is 16.2. The molecule has 0 spiro atoms. The predicted molar refractivity (Wildman–Crippen MR) is 137 cm³/mol. The van der Waals surface area contributed by atoms with Crippen LogP contribution in [0.15, 0.2) is 47.5 Å². The number of halogens is 1. The summed E-state index contributed by atoms with van der Waals surface area (Å²) in [6.45, 7) is 5.54. The summed E-state index contributed by atoms with van der Waals surface area (Å²) in [4.78, 5) is 9.03. The molecule has 180 valence electrons. The van der Waals surface area contributed by atoms with Crippen LogP contribution in [-0.4, -0.2) is 30.7 Å². The highest BCUT2D eigenvalue weighted by Crippen LogP contribution is 2.39. The summed E-state index contributed by atoms with van der Waals surface area (Å²) in [5.74, 6) is 1.81. The number of benzene rings is 2. The van der Waals surface area contributed by atoms with Crippen molar-refractivity contribution in [1.29, 1.82) is 0 Å². The van der Waals surface area contributed by atoms with Gasteiger partial charge >= 0.3 is 0 Å². The van der Waals surface area contributed by atoms with E-state index in [4.69, 9.17) is 16.3 Å². The van der Waals surface area contributed by atoms with Crippen molar-refractivity contribution in [1.82, 2.24) is 9.97 Å². The zero-order valence-corrected chi connectivity index (χ0v) is 21.3. The normalized spacial score (nSPS) is 15.6. The number of sulfone groups is 1. The molecule has 2 aromatic carbocycles. The number of fused-ring (bicyclic) bond motifs is 1. The fraction of sp³-hybridized carbons (Fsp3) is 0.360. The van der Waals surface area contributed by atoms with E-state index in [-0.39, 0.29) is 9.92 Å². The Morgan fingerprint density at radius 3 is 2.65 bits per heavy atom. The van der Waals surface area contributed by atoms with E-state index in [1.807, 2.05) is 0 Å². The van der Waals surface area contributed by atoms with Crippen LogP contribution in [0.3, 0.4) is 0 Å². The van der Waals surface area contributed by atoms with Crippen LogP contribution in [0.5, 0.6) is 5.75 Å². The monoisotopic (exact) mass is 500 g/mol. The van der Waals surface area contributed by atoms with Gasteiger partial charge in [-0.2, -0.15) is 4.98 Å². The maximum atomic E-state index is 12.8. The van der Waals surface area contributed by atoms with Gasteiger partial charge in [-0.3, -0.25) is 0 Å². The molecule has 1 aromatic heterocycles. The number of para-hydroxylation sites is 1. The second-order valence-corrected chi connectivity index (χ2v) is 11.7. The lowest BCUT2D eigenvalue weighted by Crippen LogP contribution is -2.15. The van der Waals surface area contributed by atoms with Crippen LogP contribution in [0, 0.1) is 0 Å². The Hall–Kier alpha value is -2.84. The minimum Gasteiger partial charge on any atom is -0.495 e. The van der Waals surface area contributed by atoms with Gasteiger partial charge in [0.05, 0.1) is 34.8 Å². The summed E-state index contributed by atoms with van der Waals surface area (Å²) < 4.78 is 31.3. The topological polar surface area (TPSA) is 93.2 Å². The smallest absolute Gasteiger partial charge is 0.229 e. The van der Waals surface area contributed by atoms with Crippen LogP contribution in [-0.2, 0) is 16.3 Å². The quantitative estimate of drug-likeness (QED) is 0.396. The maximum absolute atomic E-state index is 12.8. The van der Waals surface area contributed by atoms with Crippen molar-refractivity contribution in [3.05, 3.63) is 58.7 Å². The number of hydrogen-bond donors (Lipinski definition) is 2. The fourth-order valence-corrected chi connectivity index (χ4v) is 5.51. The molecular formula is C25H29ClN4O3S. The van der Waals surface area contributed by atoms with Crippen LogP contribution >= 0.6 is 11.6 Å². The van der Waals surface area contributed by atoms with Gasteiger partial charge < -0.3 is 15.4 Å².